The Hall–Kier alpha value is -3.67. The first-order chi connectivity index (χ1) is 15.7. The summed E-state index contributed by atoms with van der Waals surface area (Å²) in [5, 5.41) is 7.66. The molecule has 0 aliphatic heterocycles. The first-order valence-corrected chi connectivity index (χ1v) is 10.5. The van der Waals surface area contributed by atoms with Gasteiger partial charge in [-0.25, -0.2) is 4.79 Å². The van der Waals surface area contributed by atoms with Crippen molar-refractivity contribution in [1.82, 2.24) is 9.78 Å². The van der Waals surface area contributed by atoms with Crippen molar-refractivity contribution in [1.29, 1.82) is 0 Å². The molecule has 2 heterocycles. The van der Waals surface area contributed by atoms with E-state index < -0.39 is 42.9 Å². The minimum atomic E-state index is -4.63. The average Bonchev–Trinajstić information content (AvgIpc) is 3.40. The normalized spacial score (nSPS) is 11.2. The fourth-order valence-electron chi connectivity index (χ4n) is 2.77. The standard InChI is InChI=1S/C21H18F3N3O5S/c1-2-31-20(30)18-14(13-6-4-3-5-7-13)12-33-19(18)25-16(28)11-32-17(29)10-27-9-8-15(26-27)21(22,23)24/h3-9,12H,2,10-11H2,1H3,(H,25,28). The van der Waals surface area contributed by atoms with Crippen molar-refractivity contribution < 1.29 is 37.0 Å². The molecule has 3 rings (SSSR count). The highest BCUT2D eigenvalue weighted by atomic mass is 32.1. The molecule has 0 spiro atoms. The molecule has 0 aliphatic carbocycles. The molecule has 0 radical (unpaired) electrons. The van der Waals surface area contributed by atoms with E-state index in [2.05, 4.69) is 10.4 Å². The van der Waals surface area contributed by atoms with E-state index in [-0.39, 0.29) is 17.2 Å². The van der Waals surface area contributed by atoms with Crippen molar-refractivity contribution >= 4 is 34.2 Å². The number of nitrogens with one attached hydrogen (secondary N) is 1. The minimum Gasteiger partial charge on any atom is -0.462 e. The molecule has 2 aromatic heterocycles. The van der Waals surface area contributed by atoms with Gasteiger partial charge >= 0.3 is 18.1 Å². The average molecular weight is 481 g/mol. The van der Waals surface area contributed by atoms with Crippen LogP contribution in [0.5, 0.6) is 0 Å². The zero-order valence-electron chi connectivity index (χ0n) is 17.2. The number of hydrogen-bond acceptors (Lipinski definition) is 7. The van der Waals surface area contributed by atoms with Crippen LogP contribution in [-0.4, -0.2) is 40.8 Å². The first-order valence-electron chi connectivity index (χ1n) is 9.59. The fourth-order valence-corrected chi connectivity index (χ4v) is 3.75. The number of carbonyl (C=O) groups excluding carboxylic acids is 3. The highest BCUT2D eigenvalue weighted by Gasteiger charge is 2.33. The van der Waals surface area contributed by atoms with Gasteiger partial charge in [0.1, 0.15) is 17.1 Å². The molecule has 0 aliphatic rings. The van der Waals surface area contributed by atoms with Gasteiger partial charge in [-0.05, 0) is 18.6 Å². The Labute approximate surface area is 189 Å². The van der Waals surface area contributed by atoms with E-state index in [0.717, 1.165) is 33.8 Å². The number of ether oxygens (including phenoxy) is 2. The molecule has 0 saturated heterocycles. The molecule has 12 heteroatoms. The van der Waals surface area contributed by atoms with E-state index >= 15 is 0 Å². The predicted molar refractivity (Wildman–Crippen MR) is 113 cm³/mol. The van der Waals surface area contributed by atoms with Gasteiger partial charge in [-0.15, -0.1) is 11.3 Å². The molecule has 33 heavy (non-hydrogen) atoms. The van der Waals surface area contributed by atoms with E-state index in [9.17, 15) is 27.6 Å². The number of aromatic nitrogens is 2. The summed E-state index contributed by atoms with van der Waals surface area (Å²) < 4.78 is 48.4. The lowest BCUT2D eigenvalue weighted by Gasteiger charge is -2.09. The highest BCUT2D eigenvalue weighted by Crippen LogP contribution is 2.36. The lowest BCUT2D eigenvalue weighted by atomic mass is 10.0. The summed E-state index contributed by atoms with van der Waals surface area (Å²) in [5.74, 6) is -2.31. The van der Waals surface area contributed by atoms with Gasteiger partial charge < -0.3 is 14.8 Å². The Balaban J connectivity index is 1.64. The van der Waals surface area contributed by atoms with Crippen molar-refractivity contribution in [3.05, 3.63) is 59.2 Å². The van der Waals surface area contributed by atoms with E-state index in [1.54, 1.807) is 36.6 Å². The molecule has 3 aromatic rings. The summed E-state index contributed by atoms with van der Waals surface area (Å²) in [6, 6.07) is 9.76. The van der Waals surface area contributed by atoms with Gasteiger partial charge in [-0.2, -0.15) is 18.3 Å². The van der Waals surface area contributed by atoms with Crippen LogP contribution in [0.1, 0.15) is 23.0 Å². The molecule has 0 saturated carbocycles. The number of carbonyl (C=O) groups is 3. The molecule has 1 amide bonds. The number of halogens is 3. The zero-order chi connectivity index (χ0) is 24.0. The van der Waals surface area contributed by atoms with Gasteiger partial charge in [0.2, 0.25) is 0 Å². The number of rotatable bonds is 8. The summed E-state index contributed by atoms with van der Waals surface area (Å²) >= 11 is 1.10. The van der Waals surface area contributed by atoms with Gasteiger partial charge in [-0.1, -0.05) is 30.3 Å². The molecule has 1 N–H and O–H groups in total. The van der Waals surface area contributed by atoms with Crippen LogP contribution in [0.15, 0.2) is 48.0 Å². The van der Waals surface area contributed by atoms with Crippen LogP contribution in [-0.2, 0) is 31.8 Å². The van der Waals surface area contributed by atoms with Crippen LogP contribution in [0, 0.1) is 0 Å². The van der Waals surface area contributed by atoms with Crippen molar-refractivity contribution in [3.8, 4) is 11.1 Å². The molecule has 1 aromatic carbocycles. The van der Waals surface area contributed by atoms with E-state index in [4.69, 9.17) is 9.47 Å². The van der Waals surface area contributed by atoms with E-state index in [1.807, 2.05) is 6.07 Å². The number of hydrogen-bond donors (Lipinski definition) is 1. The van der Waals surface area contributed by atoms with Gasteiger partial charge in [0.25, 0.3) is 5.91 Å². The Morgan fingerprint density at radius 2 is 1.85 bits per heavy atom. The summed E-state index contributed by atoms with van der Waals surface area (Å²) in [6.07, 6.45) is -3.66. The van der Waals surface area contributed by atoms with Gasteiger partial charge in [0.05, 0.1) is 6.61 Å². The zero-order valence-corrected chi connectivity index (χ0v) is 18.0. The van der Waals surface area contributed by atoms with E-state index in [1.165, 1.54) is 0 Å². The number of nitrogens with zero attached hydrogens (tertiary/aromatic N) is 2. The Bertz CT molecular complexity index is 1140. The van der Waals surface area contributed by atoms with Crippen LogP contribution in [0.2, 0.25) is 0 Å². The molecule has 174 valence electrons. The first kappa shape index (κ1) is 24.0. The summed E-state index contributed by atoms with van der Waals surface area (Å²) in [5.41, 5.74) is 0.349. The van der Waals surface area contributed by atoms with Gasteiger partial charge in [-0.3, -0.25) is 14.3 Å². The molecular weight excluding hydrogens is 463 g/mol. The third-order valence-electron chi connectivity index (χ3n) is 4.19. The second-order valence-electron chi connectivity index (χ2n) is 6.55. The molecule has 0 unspecified atom stereocenters. The summed E-state index contributed by atoms with van der Waals surface area (Å²) in [4.78, 5) is 36.6. The monoisotopic (exact) mass is 481 g/mol. The SMILES string of the molecule is CCOC(=O)c1c(-c2ccccc2)csc1NC(=O)COC(=O)Cn1ccc(C(F)(F)F)n1. The molecule has 0 atom stereocenters. The van der Waals surface area contributed by atoms with Crippen LogP contribution in [0.4, 0.5) is 18.2 Å². The van der Waals surface area contributed by atoms with Gasteiger partial charge in [0.15, 0.2) is 12.3 Å². The second kappa shape index (κ2) is 10.3. The summed E-state index contributed by atoms with van der Waals surface area (Å²) in [6.45, 7) is 0.487. The highest BCUT2D eigenvalue weighted by molar-refractivity contribution is 7.15. The fraction of sp³-hybridized carbons (Fsp3) is 0.238. The third-order valence-corrected chi connectivity index (χ3v) is 5.09. The van der Waals surface area contributed by atoms with Crippen LogP contribution >= 0.6 is 11.3 Å². The number of amides is 1. The number of thiophene rings is 1. The smallest absolute Gasteiger partial charge is 0.435 e. The quantitative estimate of drug-likeness (QED) is 0.489. The largest absolute Gasteiger partial charge is 0.462 e. The predicted octanol–water partition coefficient (Wildman–Crippen LogP) is 3.99. The number of esters is 2. The van der Waals surface area contributed by atoms with Crippen LogP contribution < -0.4 is 5.32 Å². The van der Waals surface area contributed by atoms with Crippen molar-refractivity contribution in [3.63, 3.8) is 0 Å². The van der Waals surface area contributed by atoms with Crippen molar-refractivity contribution in [2.75, 3.05) is 18.5 Å². The lowest BCUT2D eigenvalue weighted by molar-refractivity contribution is -0.148. The number of alkyl halides is 3. The lowest BCUT2D eigenvalue weighted by Crippen LogP contribution is -2.23. The van der Waals surface area contributed by atoms with E-state index in [0.29, 0.717) is 5.56 Å². The van der Waals surface area contributed by atoms with Crippen molar-refractivity contribution in [2.24, 2.45) is 0 Å². The maximum atomic E-state index is 12.6. The maximum absolute atomic E-state index is 12.6. The Kier molecular flexibility index (Phi) is 7.48. The second-order valence-corrected chi connectivity index (χ2v) is 7.42. The molecule has 0 fully saturated rings. The van der Waals surface area contributed by atoms with Crippen LogP contribution in [0.3, 0.4) is 0 Å². The number of anilines is 1. The molecule has 8 nitrogen and oxygen atoms in total. The topological polar surface area (TPSA) is 99.5 Å². The third kappa shape index (κ3) is 6.19. The minimum absolute atomic E-state index is 0.136. The molecular formula is C21H18F3N3O5S. The number of benzene rings is 1. The maximum Gasteiger partial charge on any atom is 0.435 e. The van der Waals surface area contributed by atoms with Crippen molar-refractivity contribution in [2.45, 2.75) is 19.6 Å². The molecule has 0 bridgehead atoms. The van der Waals surface area contributed by atoms with Gasteiger partial charge in [0, 0.05) is 17.1 Å². The van der Waals surface area contributed by atoms with Crippen LogP contribution in [0.25, 0.3) is 11.1 Å². The Morgan fingerprint density at radius 3 is 2.48 bits per heavy atom. The Morgan fingerprint density at radius 1 is 1.12 bits per heavy atom. The summed E-state index contributed by atoms with van der Waals surface area (Å²) in [7, 11) is 0.